The van der Waals surface area contributed by atoms with E-state index in [1.165, 1.54) is 16.4 Å². The van der Waals surface area contributed by atoms with Crippen LogP contribution in [-0.4, -0.2) is 49.7 Å². The summed E-state index contributed by atoms with van der Waals surface area (Å²) in [5.41, 5.74) is 1.03. The fraction of sp³-hybridized carbons (Fsp3) is 0.350. The summed E-state index contributed by atoms with van der Waals surface area (Å²) in [6.45, 7) is 1.51. The minimum absolute atomic E-state index is 0.141. The molecule has 27 heavy (non-hydrogen) atoms. The zero-order valence-electron chi connectivity index (χ0n) is 15.1. The van der Waals surface area contributed by atoms with Crippen molar-refractivity contribution in [3.05, 3.63) is 65.2 Å². The van der Waals surface area contributed by atoms with Gasteiger partial charge in [0, 0.05) is 24.7 Å². The lowest BCUT2D eigenvalue weighted by atomic mass is 10.1. The molecule has 1 aliphatic heterocycles. The van der Waals surface area contributed by atoms with E-state index in [0.29, 0.717) is 24.5 Å². The number of halogens is 1. The van der Waals surface area contributed by atoms with Crippen LogP contribution in [0.3, 0.4) is 0 Å². The van der Waals surface area contributed by atoms with E-state index in [1.54, 1.807) is 17.0 Å². The van der Waals surface area contributed by atoms with E-state index >= 15 is 0 Å². The van der Waals surface area contributed by atoms with Crippen molar-refractivity contribution in [2.45, 2.75) is 24.2 Å². The lowest BCUT2D eigenvalue weighted by Crippen LogP contribution is -2.42. The van der Waals surface area contributed by atoms with Crippen LogP contribution in [0.15, 0.2) is 59.5 Å². The Bertz CT molecular complexity index is 864. The van der Waals surface area contributed by atoms with Crippen molar-refractivity contribution in [2.24, 2.45) is 0 Å². The van der Waals surface area contributed by atoms with E-state index in [1.807, 2.05) is 30.3 Å². The molecule has 1 saturated heterocycles. The molecule has 0 spiro atoms. The molecule has 3 rings (SSSR count). The zero-order chi connectivity index (χ0) is 19.3. The van der Waals surface area contributed by atoms with Crippen LogP contribution in [0, 0.1) is 0 Å². The highest BCUT2D eigenvalue weighted by Crippen LogP contribution is 2.20. The molecule has 1 fully saturated rings. The maximum atomic E-state index is 13.1. The minimum Gasteiger partial charge on any atom is -0.342 e. The van der Waals surface area contributed by atoms with Crippen molar-refractivity contribution in [3.8, 4) is 0 Å². The molecule has 144 valence electrons. The van der Waals surface area contributed by atoms with E-state index in [-0.39, 0.29) is 23.9 Å². The lowest BCUT2D eigenvalue weighted by Gasteiger charge is -2.24. The van der Waals surface area contributed by atoms with Gasteiger partial charge in [-0.25, -0.2) is 8.42 Å². The van der Waals surface area contributed by atoms with Crippen LogP contribution in [0.25, 0.3) is 0 Å². The van der Waals surface area contributed by atoms with Gasteiger partial charge in [0.1, 0.15) is 0 Å². The van der Waals surface area contributed by atoms with Gasteiger partial charge < -0.3 is 4.90 Å². The van der Waals surface area contributed by atoms with E-state index in [0.717, 1.165) is 18.4 Å². The summed E-state index contributed by atoms with van der Waals surface area (Å²) in [7, 11) is -3.79. The highest BCUT2D eigenvalue weighted by molar-refractivity contribution is 7.89. The summed E-state index contributed by atoms with van der Waals surface area (Å²) in [6.07, 6.45) is 2.49. The van der Waals surface area contributed by atoms with E-state index < -0.39 is 10.0 Å². The van der Waals surface area contributed by atoms with Gasteiger partial charge in [-0.2, -0.15) is 4.31 Å². The van der Waals surface area contributed by atoms with Gasteiger partial charge in [0.05, 0.1) is 11.4 Å². The summed E-state index contributed by atoms with van der Waals surface area (Å²) in [4.78, 5) is 14.5. The molecule has 1 heterocycles. The first-order chi connectivity index (χ1) is 13.0. The van der Waals surface area contributed by atoms with E-state index in [2.05, 4.69) is 0 Å². The Morgan fingerprint density at radius 1 is 1.00 bits per heavy atom. The highest BCUT2D eigenvalue weighted by atomic mass is 35.5. The number of nitrogens with zero attached hydrogens (tertiary/aromatic N) is 2. The first-order valence-corrected chi connectivity index (χ1v) is 10.9. The molecule has 2 aromatic rings. The van der Waals surface area contributed by atoms with Crippen LogP contribution < -0.4 is 0 Å². The third-order valence-corrected chi connectivity index (χ3v) is 6.83. The molecule has 2 aromatic carbocycles. The fourth-order valence-corrected chi connectivity index (χ4v) is 4.67. The Kier molecular flexibility index (Phi) is 6.52. The number of amides is 1. The van der Waals surface area contributed by atoms with Crippen LogP contribution in [0.5, 0.6) is 0 Å². The quantitative estimate of drug-likeness (QED) is 0.709. The first kappa shape index (κ1) is 19.9. The molecule has 0 unspecified atom stereocenters. The molecule has 7 heteroatoms. The summed E-state index contributed by atoms with van der Waals surface area (Å²) in [5.74, 6) is -0.141. The zero-order valence-corrected chi connectivity index (χ0v) is 16.6. The number of benzene rings is 2. The Labute approximate surface area is 165 Å². The highest BCUT2D eigenvalue weighted by Gasteiger charge is 2.29. The topological polar surface area (TPSA) is 57.7 Å². The number of sulfonamides is 1. The second-order valence-electron chi connectivity index (χ2n) is 6.62. The molecule has 0 radical (unpaired) electrons. The summed E-state index contributed by atoms with van der Waals surface area (Å²) >= 11 is 5.88. The molecule has 1 aliphatic rings. The number of carbonyl (C=O) groups excluding carboxylic acids is 1. The fourth-order valence-electron chi connectivity index (χ4n) is 3.16. The van der Waals surface area contributed by atoms with E-state index in [4.69, 9.17) is 11.6 Å². The molecule has 1 amide bonds. The smallest absolute Gasteiger partial charge is 0.243 e. The van der Waals surface area contributed by atoms with E-state index in [9.17, 15) is 13.2 Å². The standard InChI is InChI=1S/C20H23ClN2O3S/c21-18-8-10-19(11-9-18)27(25,26)23(15-12-17-6-2-1-3-7-17)16-20(24)22-13-4-5-14-22/h1-3,6-11H,4-5,12-16H2. The molecule has 0 atom stereocenters. The third-order valence-electron chi connectivity index (χ3n) is 4.71. The molecule has 0 aliphatic carbocycles. The third kappa shape index (κ3) is 5.09. The molecule has 5 nitrogen and oxygen atoms in total. The second kappa shape index (κ2) is 8.87. The predicted molar refractivity (Wildman–Crippen MR) is 106 cm³/mol. The van der Waals surface area contributed by atoms with Crippen molar-refractivity contribution >= 4 is 27.5 Å². The Balaban J connectivity index is 1.81. The minimum atomic E-state index is -3.79. The molecular weight excluding hydrogens is 384 g/mol. The summed E-state index contributed by atoms with van der Waals surface area (Å²) in [6, 6.07) is 15.7. The van der Waals surface area contributed by atoms with Gasteiger partial charge in [0.15, 0.2) is 0 Å². The normalized spacial score (nSPS) is 14.7. The van der Waals surface area contributed by atoms with Crippen molar-refractivity contribution in [1.82, 2.24) is 9.21 Å². The number of hydrogen-bond donors (Lipinski definition) is 0. The maximum absolute atomic E-state index is 13.1. The average molecular weight is 407 g/mol. The summed E-state index contributed by atoms with van der Waals surface area (Å²) < 4.78 is 27.5. The Morgan fingerprint density at radius 3 is 2.26 bits per heavy atom. The largest absolute Gasteiger partial charge is 0.342 e. The summed E-state index contributed by atoms with van der Waals surface area (Å²) in [5, 5.41) is 0.470. The van der Waals surface area contributed by atoms with Crippen molar-refractivity contribution in [3.63, 3.8) is 0 Å². The van der Waals surface area contributed by atoms with Gasteiger partial charge in [-0.1, -0.05) is 41.9 Å². The van der Waals surface area contributed by atoms with Crippen molar-refractivity contribution in [1.29, 1.82) is 0 Å². The Hall–Kier alpha value is -1.89. The predicted octanol–water partition coefficient (Wildman–Crippen LogP) is 3.20. The SMILES string of the molecule is O=C(CN(CCc1ccccc1)S(=O)(=O)c1ccc(Cl)cc1)N1CCCC1. The number of carbonyl (C=O) groups is 1. The van der Waals surface area contributed by atoms with Gasteiger partial charge >= 0.3 is 0 Å². The molecular formula is C20H23ClN2O3S. The molecule has 0 bridgehead atoms. The second-order valence-corrected chi connectivity index (χ2v) is 8.99. The van der Waals surface area contributed by atoms with Crippen LogP contribution >= 0.6 is 11.6 Å². The maximum Gasteiger partial charge on any atom is 0.243 e. The van der Waals surface area contributed by atoms with Crippen LogP contribution in [0.2, 0.25) is 5.02 Å². The average Bonchev–Trinajstić information content (AvgIpc) is 3.21. The number of hydrogen-bond acceptors (Lipinski definition) is 3. The van der Waals surface area contributed by atoms with Crippen molar-refractivity contribution < 1.29 is 13.2 Å². The lowest BCUT2D eigenvalue weighted by molar-refractivity contribution is -0.130. The Morgan fingerprint density at radius 2 is 1.63 bits per heavy atom. The van der Waals surface area contributed by atoms with Crippen LogP contribution in [-0.2, 0) is 21.2 Å². The van der Waals surface area contributed by atoms with Crippen LogP contribution in [0.1, 0.15) is 18.4 Å². The van der Waals surface area contributed by atoms with Crippen LogP contribution in [0.4, 0.5) is 0 Å². The van der Waals surface area contributed by atoms with Gasteiger partial charge in [0.2, 0.25) is 15.9 Å². The van der Waals surface area contributed by atoms with Gasteiger partial charge in [-0.15, -0.1) is 0 Å². The monoisotopic (exact) mass is 406 g/mol. The molecule has 0 aromatic heterocycles. The number of likely N-dealkylation sites (tertiary alicyclic amines) is 1. The van der Waals surface area contributed by atoms with Gasteiger partial charge in [0.25, 0.3) is 0 Å². The molecule has 0 saturated carbocycles. The number of rotatable bonds is 7. The van der Waals surface area contributed by atoms with Gasteiger partial charge in [-0.3, -0.25) is 4.79 Å². The first-order valence-electron chi connectivity index (χ1n) is 9.04. The van der Waals surface area contributed by atoms with Crippen molar-refractivity contribution in [2.75, 3.05) is 26.2 Å². The molecule has 0 N–H and O–H groups in total. The van der Waals surface area contributed by atoms with Gasteiger partial charge in [-0.05, 0) is 49.1 Å².